The number of nitrogens with zero attached hydrogens (tertiary/aromatic N) is 4. The fourth-order valence-electron chi connectivity index (χ4n) is 1.77. The van der Waals surface area contributed by atoms with Crippen LogP contribution in [0.3, 0.4) is 0 Å². The number of benzene rings is 1. The van der Waals surface area contributed by atoms with Gasteiger partial charge in [-0.2, -0.15) is 5.26 Å². The summed E-state index contributed by atoms with van der Waals surface area (Å²) in [7, 11) is 0. The normalized spacial score (nSPS) is 11.1. The highest BCUT2D eigenvalue weighted by molar-refractivity contribution is 5.40. The van der Waals surface area contributed by atoms with E-state index < -0.39 is 16.2 Å². The monoisotopic (exact) mass is 274 g/mol. The minimum absolute atomic E-state index is 0.269. The Morgan fingerprint density at radius 3 is 2.65 bits per heavy atom. The van der Waals surface area contributed by atoms with E-state index in [-0.39, 0.29) is 11.4 Å². The van der Waals surface area contributed by atoms with Gasteiger partial charge in [-0.1, -0.05) is 6.07 Å². The molecule has 1 aromatic heterocycles. The van der Waals surface area contributed by atoms with Crippen molar-refractivity contribution < 1.29 is 9.31 Å². The van der Waals surface area contributed by atoms with Crippen LogP contribution in [0.2, 0.25) is 0 Å². The molecule has 0 radical (unpaired) electrons. The molecule has 7 heteroatoms. The first-order chi connectivity index (χ1) is 9.35. The summed E-state index contributed by atoms with van der Waals surface area (Å²) in [5, 5.41) is 23.3. The van der Waals surface area contributed by atoms with E-state index in [0.29, 0.717) is 5.69 Å². The van der Waals surface area contributed by atoms with E-state index in [9.17, 15) is 14.5 Å². The van der Waals surface area contributed by atoms with E-state index in [1.54, 1.807) is 19.9 Å². The van der Waals surface area contributed by atoms with Crippen molar-refractivity contribution in [3.63, 3.8) is 0 Å². The van der Waals surface area contributed by atoms with Gasteiger partial charge in [-0.05, 0) is 24.8 Å². The van der Waals surface area contributed by atoms with Gasteiger partial charge in [0.2, 0.25) is 0 Å². The van der Waals surface area contributed by atoms with Crippen molar-refractivity contribution in [2.45, 2.75) is 19.3 Å². The van der Waals surface area contributed by atoms with Crippen molar-refractivity contribution >= 4 is 5.82 Å². The number of aromatic nitrogens is 2. The number of hydrogen-bond acceptors (Lipinski definition) is 4. The number of hydrogen-bond donors (Lipinski definition) is 0. The van der Waals surface area contributed by atoms with Crippen molar-refractivity contribution in [3.05, 3.63) is 52.0 Å². The highest BCUT2D eigenvalue weighted by Crippen LogP contribution is 2.26. The van der Waals surface area contributed by atoms with E-state index in [1.807, 2.05) is 6.07 Å². The fourth-order valence-corrected chi connectivity index (χ4v) is 1.77. The van der Waals surface area contributed by atoms with Crippen molar-refractivity contribution in [2.24, 2.45) is 0 Å². The van der Waals surface area contributed by atoms with Gasteiger partial charge in [-0.25, -0.2) is 4.39 Å². The summed E-state index contributed by atoms with van der Waals surface area (Å²) in [5.41, 5.74) is -0.322. The van der Waals surface area contributed by atoms with Gasteiger partial charge in [0.1, 0.15) is 5.82 Å². The average Bonchev–Trinajstić information content (AvgIpc) is 2.88. The molecule has 1 heterocycles. The van der Waals surface area contributed by atoms with Gasteiger partial charge in [0.25, 0.3) is 0 Å². The Balaban J connectivity index is 2.43. The third-order valence-electron chi connectivity index (χ3n) is 2.93. The lowest BCUT2D eigenvalue weighted by atomic mass is 9.86. The fraction of sp³-hybridized carbons (Fsp3) is 0.231. The lowest BCUT2D eigenvalue weighted by Gasteiger charge is -2.16. The Hall–Kier alpha value is -2.75. The summed E-state index contributed by atoms with van der Waals surface area (Å²) >= 11 is 0. The Morgan fingerprint density at radius 1 is 1.45 bits per heavy atom. The van der Waals surface area contributed by atoms with Gasteiger partial charge in [0.15, 0.2) is 0 Å². The topological polar surface area (TPSA) is 84.8 Å². The number of rotatable bonds is 3. The van der Waals surface area contributed by atoms with E-state index >= 15 is 0 Å². The molecule has 0 bridgehead atoms. The predicted molar refractivity (Wildman–Crippen MR) is 68.8 cm³/mol. The van der Waals surface area contributed by atoms with Crippen LogP contribution in [0.4, 0.5) is 10.2 Å². The Bertz CT molecular complexity index is 715. The molecule has 0 unspecified atom stereocenters. The van der Waals surface area contributed by atoms with Gasteiger partial charge < -0.3 is 10.1 Å². The van der Waals surface area contributed by atoms with Crippen molar-refractivity contribution in [3.8, 4) is 11.8 Å². The summed E-state index contributed by atoms with van der Waals surface area (Å²) in [6.45, 7) is 3.23. The molecule has 0 saturated heterocycles. The third-order valence-corrected chi connectivity index (χ3v) is 2.93. The molecule has 0 fully saturated rings. The molecule has 0 spiro atoms. The Morgan fingerprint density at radius 2 is 2.15 bits per heavy atom. The van der Waals surface area contributed by atoms with Gasteiger partial charge >= 0.3 is 5.82 Å². The number of nitriles is 1. The standard InChI is InChI=1S/C13H11FN4O2/c1-13(2,8-15)10-4-3-9(7-11(10)14)17-6-5-12(16-17)18(19)20/h3-7H,1-2H3. The quantitative estimate of drug-likeness (QED) is 0.636. The zero-order valence-corrected chi connectivity index (χ0v) is 10.9. The van der Waals surface area contributed by atoms with Crippen LogP contribution in [0, 0.1) is 27.3 Å². The lowest BCUT2D eigenvalue weighted by Crippen LogP contribution is -2.16. The maximum atomic E-state index is 14.1. The largest absolute Gasteiger partial charge is 0.390 e. The first kappa shape index (κ1) is 13.7. The smallest absolute Gasteiger partial charge is 0.358 e. The molecular weight excluding hydrogens is 263 g/mol. The minimum Gasteiger partial charge on any atom is -0.358 e. The van der Waals surface area contributed by atoms with Crippen LogP contribution < -0.4 is 0 Å². The third kappa shape index (κ3) is 2.36. The van der Waals surface area contributed by atoms with E-state index in [2.05, 4.69) is 5.10 Å². The van der Waals surface area contributed by atoms with Gasteiger partial charge in [0.05, 0.1) is 34.5 Å². The van der Waals surface area contributed by atoms with Crippen LogP contribution in [0.1, 0.15) is 19.4 Å². The van der Waals surface area contributed by atoms with Crippen LogP contribution in [0.5, 0.6) is 0 Å². The highest BCUT2D eigenvalue weighted by Gasteiger charge is 2.24. The van der Waals surface area contributed by atoms with Crippen molar-refractivity contribution in [2.75, 3.05) is 0 Å². The lowest BCUT2D eigenvalue weighted by molar-refractivity contribution is -0.389. The van der Waals surface area contributed by atoms with Gasteiger partial charge in [-0.3, -0.25) is 0 Å². The van der Waals surface area contributed by atoms with E-state index in [4.69, 9.17) is 5.26 Å². The second-order valence-corrected chi connectivity index (χ2v) is 4.78. The molecule has 0 saturated carbocycles. The van der Waals surface area contributed by atoms with Crippen molar-refractivity contribution in [1.29, 1.82) is 5.26 Å². The minimum atomic E-state index is -0.946. The van der Waals surface area contributed by atoms with Crippen LogP contribution in [-0.4, -0.2) is 14.7 Å². The number of nitro groups is 1. The molecule has 0 amide bonds. The molecular formula is C13H11FN4O2. The van der Waals surface area contributed by atoms with E-state index in [1.165, 1.54) is 29.1 Å². The van der Waals surface area contributed by atoms with E-state index in [0.717, 1.165) is 0 Å². The molecule has 6 nitrogen and oxygen atoms in total. The second kappa shape index (κ2) is 4.74. The van der Waals surface area contributed by atoms with Crippen LogP contribution in [-0.2, 0) is 5.41 Å². The maximum Gasteiger partial charge on any atom is 0.390 e. The molecule has 0 aliphatic rings. The molecule has 20 heavy (non-hydrogen) atoms. The van der Waals surface area contributed by atoms with Crippen molar-refractivity contribution in [1.82, 2.24) is 9.78 Å². The van der Waals surface area contributed by atoms with Gasteiger partial charge in [0, 0.05) is 11.6 Å². The zero-order chi connectivity index (χ0) is 14.9. The maximum absolute atomic E-state index is 14.1. The first-order valence-electron chi connectivity index (χ1n) is 5.77. The summed E-state index contributed by atoms with van der Waals surface area (Å²) in [6, 6.07) is 7.50. The molecule has 102 valence electrons. The second-order valence-electron chi connectivity index (χ2n) is 4.78. The number of halogens is 1. The van der Waals surface area contributed by atoms with Crippen LogP contribution >= 0.6 is 0 Å². The average molecular weight is 274 g/mol. The SMILES string of the molecule is CC(C)(C#N)c1ccc(-n2ccc([N+](=O)[O-])n2)cc1F. The summed E-state index contributed by atoms with van der Waals surface area (Å²) in [5.74, 6) is -0.862. The molecule has 1 aromatic carbocycles. The molecule has 2 aromatic rings. The first-order valence-corrected chi connectivity index (χ1v) is 5.77. The van der Waals surface area contributed by atoms with Crippen LogP contribution in [0.15, 0.2) is 30.5 Å². The summed E-state index contributed by atoms with van der Waals surface area (Å²) in [4.78, 5) is 9.93. The molecule has 0 atom stereocenters. The molecule has 2 rings (SSSR count). The summed E-state index contributed by atoms with van der Waals surface area (Å²) < 4.78 is 15.3. The Labute approximate surface area is 114 Å². The molecule has 0 aliphatic heterocycles. The summed E-state index contributed by atoms with van der Waals surface area (Å²) in [6.07, 6.45) is 1.38. The predicted octanol–water partition coefficient (Wildman–Crippen LogP) is 2.72. The highest BCUT2D eigenvalue weighted by atomic mass is 19.1. The molecule has 0 aliphatic carbocycles. The van der Waals surface area contributed by atoms with Gasteiger partial charge in [-0.15, -0.1) is 4.68 Å². The van der Waals surface area contributed by atoms with Crippen LogP contribution in [0.25, 0.3) is 5.69 Å². The Kier molecular flexibility index (Phi) is 3.24. The molecule has 0 N–H and O–H groups in total. The zero-order valence-electron chi connectivity index (χ0n) is 10.9.